The number of nitrogens with one attached hydrogen (secondary N) is 1. The molecule has 0 spiro atoms. The molecule has 4 aromatic rings. The van der Waals surface area contributed by atoms with Crippen LogP contribution in [-0.2, 0) is 4.79 Å². The van der Waals surface area contributed by atoms with Gasteiger partial charge in [0.25, 0.3) is 5.91 Å². The third-order valence-electron chi connectivity index (χ3n) is 3.94. The highest BCUT2D eigenvalue weighted by molar-refractivity contribution is 8.01. The first kappa shape index (κ1) is 20.4. The number of carbonyl (C=O) groups is 1. The van der Waals surface area contributed by atoms with Crippen LogP contribution >= 0.6 is 34.7 Å². The number of halogens is 1. The van der Waals surface area contributed by atoms with Crippen molar-refractivity contribution in [2.45, 2.75) is 9.24 Å². The van der Waals surface area contributed by atoms with Gasteiger partial charge in [-0.3, -0.25) is 15.1 Å². The van der Waals surface area contributed by atoms with E-state index in [0.717, 1.165) is 21.5 Å². The molecule has 10 heteroatoms. The Balaban J connectivity index is 1.36. The van der Waals surface area contributed by atoms with Gasteiger partial charge in [-0.05, 0) is 42.5 Å². The summed E-state index contributed by atoms with van der Waals surface area (Å²) >= 11 is 8.77. The molecule has 0 aliphatic carbocycles. The summed E-state index contributed by atoms with van der Waals surface area (Å²) in [5, 5.41) is 12.9. The lowest BCUT2D eigenvalue weighted by molar-refractivity contribution is -0.118. The maximum Gasteiger partial charge on any atom is 0.264 e. The summed E-state index contributed by atoms with van der Waals surface area (Å²) in [6.07, 6.45) is 1.72. The number of ether oxygens (including phenoxy) is 2. The van der Waals surface area contributed by atoms with Crippen LogP contribution in [0.1, 0.15) is 0 Å². The van der Waals surface area contributed by atoms with Gasteiger partial charge in [-0.1, -0.05) is 40.8 Å². The van der Waals surface area contributed by atoms with E-state index in [-0.39, 0.29) is 12.5 Å². The van der Waals surface area contributed by atoms with Gasteiger partial charge in [0.05, 0.1) is 12.6 Å². The van der Waals surface area contributed by atoms with Crippen LogP contribution in [0.25, 0.3) is 10.9 Å². The van der Waals surface area contributed by atoms with Crippen LogP contribution in [-0.4, -0.2) is 34.8 Å². The Bertz CT molecular complexity index is 1180. The van der Waals surface area contributed by atoms with Crippen molar-refractivity contribution in [3.05, 3.63) is 59.8 Å². The predicted molar refractivity (Wildman–Crippen MR) is 118 cm³/mol. The van der Waals surface area contributed by atoms with Gasteiger partial charge in [-0.25, -0.2) is 0 Å². The number of pyridine rings is 1. The molecule has 0 fully saturated rings. The summed E-state index contributed by atoms with van der Waals surface area (Å²) in [5.74, 6) is 0.974. The van der Waals surface area contributed by atoms with Crippen LogP contribution in [0.15, 0.2) is 64.0 Å². The first-order valence-corrected chi connectivity index (χ1v) is 10.7. The minimum absolute atomic E-state index is 0.135. The number of amides is 1. The molecular formula is C20H15ClN4O3S2. The van der Waals surface area contributed by atoms with Crippen LogP contribution in [0, 0.1) is 0 Å². The molecule has 30 heavy (non-hydrogen) atoms. The smallest absolute Gasteiger partial charge is 0.264 e. The molecule has 0 atom stereocenters. The lowest BCUT2D eigenvalue weighted by Crippen LogP contribution is -2.20. The fraction of sp³-hybridized carbons (Fsp3) is 0.100. The average Bonchev–Trinajstić information content (AvgIpc) is 3.19. The number of aromatic nitrogens is 3. The second-order valence-corrected chi connectivity index (χ2v) is 8.66. The lowest BCUT2D eigenvalue weighted by Gasteiger charge is -2.06. The number of benzene rings is 2. The molecule has 0 aliphatic rings. The van der Waals surface area contributed by atoms with Crippen LogP contribution in [0.2, 0.25) is 5.02 Å². The zero-order chi connectivity index (χ0) is 20.9. The summed E-state index contributed by atoms with van der Waals surface area (Å²) in [4.78, 5) is 17.4. The number of hydrogen-bond donors (Lipinski definition) is 1. The number of nitrogens with zero attached hydrogens (tertiary/aromatic N) is 3. The van der Waals surface area contributed by atoms with Gasteiger partial charge < -0.3 is 9.47 Å². The van der Waals surface area contributed by atoms with E-state index in [1.165, 1.54) is 23.1 Å². The van der Waals surface area contributed by atoms with Crippen molar-refractivity contribution in [3.63, 3.8) is 0 Å². The number of carbonyl (C=O) groups excluding carboxylic acids is 1. The molecule has 1 N–H and O–H groups in total. The minimum Gasteiger partial charge on any atom is -0.497 e. The fourth-order valence-electron chi connectivity index (χ4n) is 2.56. The second kappa shape index (κ2) is 9.29. The quantitative estimate of drug-likeness (QED) is 0.393. The summed E-state index contributed by atoms with van der Waals surface area (Å²) in [5.41, 5.74) is 0.807. The largest absolute Gasteiger partial charge is 0.497 e. The van der Waals surface area contributed by atoms with Crippen molar-refractivity contribution in [2.75, 3.05) is 19.0 Å². The summed E-state index contributed by atoms with van der Waals surface area (Å²) in [7, 11) is 1.59. The Morgan fingerprint density at radius 1 is 1.13 bits per heavy atom. The van der Waals surface area contributed by atoms with Crippen LogP contribution in [0.5, 0.6) is 11.5 Å². The van der Waals surface area contributed by atoms with E-state index >= 15 is 0 Å². The molecule has 0 unspecified atom stereocenters. The van der Waals surface area contributed by atoms with Crippen LogP contribution in [0.3, 0.4) is 0 Å². The van der Waals surface area contributed by atoms with E-state index in [2.05, 4.69) is 20.5 Å². The zero-order valence-corrected chi connectivity index (χ0v) is 18.1. The Labute approximate surface area is 185 Å². The van der Waals surface area contributed by atoms with E-state index in [1.54, 1.807) is 37.6 Å². The number of anilines is 1. The molecule has 0 saturated carbocycles. The van der Waals surface area contributed by atoms with Gasteiger partial charge in [0, 0.05) is 21.5 Å². The number of hydrogen-bond acceptors (Lipinski definition) is 8. The van der Waals surface area contributed by atoms with Gasteiger partial charge in [0.15, 0.2) is 10.9 Å². The molecule has 0 aliphatic heterocycles. The monoisotopic (exact) mass is 458 g/mol. The third-order valence-corrected chi connectivity index (χ3v) is 6.14. The van der Waals surface area contributed by atoms with Crippen molar-refractivity contribution in [3.8, 4) is 11.5 Å². The highest BCUT2D eigenvalue weighted by atomic mass is 35.5. The van der Waals surface area contributed by atoms with Gasteiger partial charge in [-0.15, -0.1) is 10.2 Å². The first-order chi connectivity index (χ1) is 14.6. The maximum absolute atomic E-state index is 12.1. The predicted octanol–water partition coefficient (Wildman–Crippen LogP) is 4.92. The Morgan fingerprint density at radius 3 is 2.73 bits per heavy atom. The molecule has 0 saturated heterocycles. The number of rotatable bonds is 7. The molecule has 2 aromatic heterocycles. The van der Waals surface area contributed by atoms with Gasteiger partial charge >= 0.3 is 0 Å². The standard InChI is InChI=1S/C20H15ClN4O3S2/c1-27-13-3-5-14(6-4-13)28-11-18(26)23-19-24-25-20(30-19)29-17-8-9-22-16-10-12(21)2-7-15(16)17/h2-10H,11H2,1H3,(H,23,24,26). The van der Waals surface area contributed by atoms with Crippen LogP contribution in [0.4, 0.5) is 5.13 Å². The summed E-state index contributed by atoms with van der Waals surface area (Å²) in [6, 6.07) is 14.5. The molecule has 2 heterocycles. The highest BCUT2D eigenvalue weighted by Crippen LogP contribution is 2.36. The SMILES string of the molecule is COc1ccc(OCC(=O)Nc2nnc(Sc3ccnc4cc(Cl)ccc34)s2)cc1. The average molecular weight is 459 g/mol. The normalized spacial score (nSPS) is 10.7. The zero-order valence-electron chi connectivity index (χ0n) is 15.7. The highest BCUT2D eigenvalue weighted by Gasteiger charge is 2.12. The number of fused-ring (bicyclic) bond motifs is 1. The van der Waals surface area contributed by atoms with E-state index in [4.69, 9.17) is 21.1 Å². The van der Waals surface area contributed by atoms with Crippen molar-refractivity contribution in [1.29, 1.82) is 0 Å². The summed E-state index contributed by atoms with van der Waals surface area (Å²) in [6.45, 7) is -0.135. The van der Waals surface area contributed by atoms with Gasteiger partial charge in [0.2, 0.25) is 5.13 Å². The van der Waals surface area contributed by atoms with Crippen molar-refractivity contribution < 1.29 is 14.3 Å². The molecule has 4 rings (SSSR count). The lowest BCUT2D eigenvalue weighted by atomic mass is 10.2. The Morgan fingerprint density at radius 2 is 1.93 bits per heavy atom. The third kappa shape index (κ3) is 4.99. The van der Waals surface area contributed by atoms with Crippen molar-refractivity contribution in [2.24, 2.45) is 0 Å². The molecule has 0 radical (unpaired) electrons. The molecule has 1 amide bonds. The first-order valence-electron chi connectivity index (χ1n) is 8.73. The summed E-state index contributed by atoms with van der Waals surface area (Å²) < 4.78 is 11.3. The van der Waals surface area contributed by atoms with Gasteiger partial charge in [-0.2, -0.15) is 0 Å². The molecule has 0 bridgehead atoms. The van der Waals surface area contributed by atoms with E-state index in [0.29, 0.717) is 20.2 Å². The van der Waals surface area contributed by atoms with Crippen molar-refractivity contribution >= 4 is 56.6 Å². The molecular weight excluding hydrogens is 444 g/mol. The van der Waals surface area contributed by atoms with Crippen LogP contribution < -0.4 is 14.8 Å². The fourth-order valence-corrected chi connectivity index (χ4v) is 4.57. The van der Waals surface area contributed by atoms with Crippen molar-refractivity contribution in [1.82, 2.24) is 15.2 Å². The topological polar surface area (TPSA) is 86.2 Å². The molecule has 2 aromatic carbocycles. The van der Waals surface area contributed by atoms with E-state index < -0.39 is 0 Å². The van der Waals surface area contributed by atoms with Gasteiger partial charge in [0.1, 0.15) is 11.5 Å². The Hall–Kier alpha value is -2.88. The second-order valence-electron chi connectivity index (χ2n) is 5.96. The van der Waals surface area contributed by atoms with E-state index in [9.17, 15) is 4.79 Å². The Kier molecular flexibility index (Phi) is 6.32. The molecule has 7 nitrogen and oxygen atoms in total. The maximum atomic E-state index is 12.1. The molecule has 152 valence electrons. The number of methoxy groups -OCH3 is 1. The minimum atomic E-state index is -0.317. The van der Waals surface area contributed by atoms with E-state index in [1.807, 2.05) is 24.3 Å².